The largest absolute Gasteiger partial charge is 0.342 e. The number of hydrogen-bond donors (Lipinski definition) is 1. The van der Waals surface area contributed by atoms with Gasteiger partial charge in [0.15, 0.2) is 0 Å². The predicted molar refractivity (Wildman–Crippen MR) is 74.8 cm³/mol. The lowest BCUT2D eigenvalue weighted by molar-refractivity contribution is 1.04. The van der Waals surface area contributed by atoms with Crippen molar-refractivity contribution in [3.8, 4) is 0 Å². The zero-order valence-corrected chi connectivity index (χ0v) is 10.7. The maximum Gasteiger partial charge on any atom is 0.111 e. The molecule has 0 saturated heterocycles. The van der Waals surface area contributed by atoms with Crippen LogP contribution in [0.2, 0.25) is 0 Å². The van der Waals surface area contributed by atoms with Gasteiger partial charge in [-0.25, -0.2) is 4.98 Å². The Morgan fingerprint density at radius 3 is 2.50 bits per heavy atom. The lowest BCUT2D eigenvalue weighted by Crippen LogP contribution is -1.89. The Bertz CT molecular complexity index is 642. The predicted octanol–water partition coefficient (Wildman–Crippen LogP) is 3.77. The highest BCUT2D eigenvalue weighted by atomic mass is 14.9. The van der Waals surface area contributed by atoms with Gasteiger partial charge in [0.2, 0.25) is 0 Å². The fourth-order valence-electron chi connectivity index (χ4n) is 2.20. The highest BCUT2D eigenvalue weighted by Crippen LogP contribution is 2.18. The van der Waals surface area contributed by atoms with E-state index in [0.717, 1.165) is 23.3 Å². The van der Waals surface area contributed by atoms with Crippen molar-refractivity contribution in [1.82, 2.24) is 9.97 Å². The normalized spacial score (nSPS) is 11.0. The number of hydrogen-bond acceptors (Lipinski definition) is 1. The number of nitrogens with zero attached hydrogens (tertiary/aromatic N) is 1. The summed E-state index contributed by atoms with van der Waals surface area (Å²) in [6.45, 7) is 4.26. The van der Waals surface area contributed by atoms with Gasteiger partial charge in [-0.15, -0.1) is 0 Å². The second kappa shape index (κ2) is 4.30. The first-order valence-electron chi connectivity index (χ1n) is 6.22. The second-order valence-corrected chi connectivity index (χ2v) is 4.80. The van der Waals surface area contributed by atoms with Crippen LogP contribution in [-0.2, 0) is 6.42 Å². The van der Waals surface area contributed by atoms with Gasteiger partial charge in [-0.1, -0.05) is 30.3 Å². The zero-order chi connectivity index (χ0) is 12.5. The van der Waals surface area contributed by atoms with E-state index in [2.05, 4.69) is 60.2 Å². The molecule has 0 saturated carbocycles. The van der Waals surface area contributed by atoms with Crippen LogP contribution in [0.3, 0.4) is 0 Å². The average Bonchev–Trinajstić information content (AvgIpc) is 2.72. The van der Waals surface area contributed by atoms with Crippen molar-refractivity contribution in [2.75, 3.05) is 0 Å². The molecule has 2 aromatic carbocycles. The van der Waals surface area contributed by atoms with Crippen LogP contribution in [0, 0.1) is 13.8 Å². The summed E-state index contributed by atoms with van der Waals surface area (Å²) in [5.41, 5.74) is 6.07. The lowest BCUT2D eigenvalue weighted by atomic mass is 10.1. The Kier molecular flexibility index (Phi) is 2.63. The monoisotopic (exact) mass is 236 g/mol. The molecular formula is C16H16N2. The fraction of sp³-hybridized carbons (Fsp3) is 0.188. The first-order valence-corrected chi connectivity index (χ1v) is 6.22. The summed E-state index contributed by atoms with van der Waals surface area (Å²) in [5, 5.41) is 0. The number of benzene rings is 2. The lowest BCUT2D eigenvalue weighted by Gasteiger charge is -1.97. The van der Waals surface area contributed by atoms with Crippen molar-refractivity contribution >= 4 is 11.0 Å². The summed E-state index contributed by atoms with van der Waals surface area (Å²) >= 11 is 0. The molecule has 2 nitrogen and oxygen atoms in total. The van der Waals surface area contributed by atoms with E-state index < -0.39 is 0 Å². The van der Waals surface area contributed by atoms with Crippen LogP contribution in [0.1, 0.15) is 22.5 Å². The minimum absolute atomic E-state index is 0.855. The second-order valence-electron chi connectivity index (χ2n) is 4.80. The smallest absolute Gasteiger partial charge is 0.111 e. The van der Waals surface area contributed by atoms with Gasteiger partial charge >= 0.3 is 0 Å². The molecule has 0 aliphatic carbocycles. The van der Waals surface area contributed by atoms with Crippen LogP contribution in [0.5, 0.6) is 0 Å². The summed E-state index contributed by atoms with van der Waals surface area (Å²) in [6.07, 6.45) is 0.855. The van der Waals surface area contributed by atoms with Gasteiger partial charge in [-0.3, -0.25) is 0 Å². The number of aromatic amines is 1. The first kappa shape index (κ1) is 11.0. The van der Waals surface area contributed by atoms with Crippen molar-refractivity contribution in [3.63, 3.8) is 0 Å². The standard InChI is InChI=1S/C16H16N2/c1-11-8-14-15(9-12(11)2)18-16(17-14)10-13-6-4-3-5-7-13/h3-9H,10H2,1-2H3,(H,17,18). The van der Waals surface area contributed by atoms with Crippen molar-refractivity contribution in [2.45, 2.75) is 20.3 Å². The molecule has 0 aliphatic rings. The van der Waals surface area contributed by atoms with Crippen LogP contribution in [0.25, 0.3) is 11.0 Å². The van der Waals surface area contributed by atoms with Gasteiger partial charge < -0.3 is 4.98 Å². The molecule has 0 bridgehead atoms. The molecule has 1 N–H and O–H groups in total. The highest BCUT2D eigenvalue weighted by Gasteiger charge is 2.05. The van der Waals surface area contributed by atoms with E-state index in [-0.39, 0.29) is 0 Å². The van der Waals surface area contributed by atoms with Crippen molar-refractivity contribution in [2.24, 2.45) is 0 Å². The molecule has 0 unspecified atom stereocenters. The average molecular weight is 236 g/mol. The van der Waals surface area contributed by atoms with Gasteiger partial charge in [0.1, 0.15) is 5.82 Å². The Balaban J connectivity index is 1.99. The van der Waals surface area contributed by atoms with E-state index in [1.807, 2.05) is 6.07 Å². The summed E-state index contributed by atoms with van der Waals surface area (Å²) in [6, 6.07) is 14.7. The molecule has 0 fully saturated rings. The third-order valence-corrected chi connectivity index (χ3v) is 3.36. The number of fused-ring (bicyclic) bond motifs is 1. The Hall–Kier alpha value is -2.09. The molecule has 0 spiro atoms. The van der Waals surface area contributed by atoms with E-state index in [4.69, 9.17) is 0 Å². The number of rotatable bonds is 2. The van der Waals surface area contributed by atoms with Gasteiger partial charge in [0.05, 0.1) is 11.0 Å². The van der Waals surface area contributed by atoms with E-state index in [1.54, 1.807) is 0 Å². The number of nitrogens with one attached hydrogen (secondary N) is 1. The maximum absolute atomic E-state index is 4.65. The maximum atomic E-state index is 4.65. The molecule has 2 heteroatoms. The molecular weight excluding hydrogens is 220 g/mol. The molecule has 3 aromatic rings. The quantitative estimate of drug-likeness (QED) is 0.721. The number of imidazole rings is 1. The topological polar surface area (TPSA) is 28.7 Å². The molecule has 3 rings (SSSR count). The van der Waals surface area contributed by atoms with E-state index in [9.17, 15) is 0 Å². The van der Waals surface area contributed by atoms with Gasteiger partial charge in [0, 0.05) is 6.42 Å². The highest BCUT2D eigenvalue weighted by molar-refractivity contribution is 5.77. The number of aryl methyl sites for hydroxylation is 2. The van der Waals surface area contributed by atoms with Crippen LogP contribution < -0.4 is 0 Å². The first-order chi connectivity index (χ1) is 8.72. The van der Waals surface area contributed by atoms with Gasteiger partial charge in [-0.05, 0) is 42.7 Å². The van der Waals surface area contributed by atoms with E-state index in [0.29, 0.717) is 0 Å². The Morgan fingerprint density at radius 1 is 1.00 bits per heavy atom. The zero-order valence-electron chi connectivity index (χ0n) is 10.7. The molecule has 0 amide bonds. The summed E-state index contributed by atoms with van der Waals surface area (Å²) in [7, 11) is 0. The van der Waals surface area contributed by atoms with Crippen LogP contribution in [0.4, 0.5) is 0 Å². The summed E-state index contributed by atoms with van der Waals surface area (Å²) < 4.78 is 0. The molecule has 1 heterocycles. The van der Waals surface area contributed by atoms with E-state index >= 15 is 0 Å². The van der Waals surface area contributed by atoms with Crippen molar-refractivity contribution in [1.29, 1.82) is 0 Å². The third-order valence-electron chi connectivity index (χ3n) is 3.36. The summed E-state index contributed by atoms with van der Waals surface area (Å²) in [5.74, 6) is 1.03. The molecule has 90 valence electrons. The molecule has 0 aliphatic heterocycles. The van der Waals surface area contributed by atoms with E-state index in [1.165, 1.54) is 16.7 Å². The van der Waals surface area contributed by atoms with Crippen LogP contribution in [-0.4, -0.2) is 9.97 Å². The third kappa shape index (κ3) is 2.02. The van der Waals surface area contributed by atoms with Gasteiger partial charge in [-0.2, -0.15) is 0 Å². The molecule has 0 radical (unpaired) electrons. The molecule has 0 atom stereocenters. The molecule has 18 heavy (non-hydrogen) atoms. The number of aromatic nitrogens is 2. The minimum atomic E-state index is 0.855. The Morgan fingerprint density at radius 2 is 1.72 bits per heavy atom. The van der Waals surface area contributed by atoms with Crippen LogP contribution >= 0.6 is 0 Å². The minimum Gasteiger partial charge on any atom is -0.342 e. The van der Waals surface area contributed by atoms with Crippen LogP contribution in [0.15, 0.2) is 42.5 Å². The molecule has 1 aromatic heterocycles. The summed E-state index contributed by atoms with van der Waals surface area (Å²) in [4.78, 5) is 8.06. The van der Waals surface area contributed by atoms with Gasteiger partial charge in [0.25, 0.3) is 0 Å². The SMILES string of the molecule is Cc1cc2nc(Cc3ccccc3)[nH]c2cc1C. The Labute approximate surface area is 107 Å². The van der Waals surface area contributed by atoms with Crippen molar-refractivity contribution in [3.05, 3.63) is 65.0 Å². The fourth-order valence-corrected chi connectivity index (χ4v) is 2.20. The number of H-pyrrole nitrogens is 1. The van der Waals surface area contributed by atoms with Crippen molar-refractivity contribution < 1.29 is 0 Å².